The average molecular weight is 264 g/mol. The van der Waals surface area contributed by atoms with Crippen molar-refractivity contribution in [3.63, 3.8) is 0 Å². The summed E-state index contributed by atoms with van der Waals surface area (Å²) in [6.45, 7) is 6.21. The van der Waals surface area contributed by atoms with E-state index in [1.807, 2.05) is 0 Å². The second-order valence-corrected chi connectivity index (χ2v) is 5.90. The first-order valence-electron chi connectivity index (χ1n) is 6.93. The third-order valence-corrected chi connectivity index (χ3v) is 4.44. The van der Waals surface area contributed by atoms with E-state index in [0.29, 0.717) is 43.8 Å². The highest BCUT2D eigenvalue weighted by Crippen LogP contribution is 2.39. The van der Waals surface area contributed by atoms with E-state index in [-0.39, 0.29) is 0 Å². The molecular formula is C13H23F3N2. The fourth-order valence-electron chi connectivity index (χ4n) is 3.29. The standard InChI is InChI=1S/C13H23F3N2/c1-9-8-18(10(2)7-17-9)12-5-3-11(4-6-12)13(14,15)16/h9-12,17H,3-8H2,1-2H3. The van der Waals surface area contributed by atoms with Crippen molar-refractivity contribution in [2.24, 2.45) is 5.92 Å². The van der Waals surface area contributed by atoms with Gasteiger partial charge >= 0.3 is 6.18 Å². The maximum atomic E-state index is 12.6. The highest BCUT2D eigenvalue weighted by atomic mass is 19.4. The van der Waals surface area contributed by atoms with Crippen molar-refractivity contribution < 1.29 is 13.2 Å². The zero-order chi connectivity index (χ0) is 13.3. The number of alkyl halides is 3. The molecule has 0 amide bonds. The predicted octanol–water partition coefficient (Wildman–Crippen LogP) is 2.79. The van der Waals surface area contributed by atoms with Crippen LogP contribution < -0.4 is 5.32 Å². The minimum Gasteiger partial charge on any atom is -0.311 e. The van der Waals surface area contributed by atoms with E-state index in [4.69, 9.17) is 0 Å². The van der Waals surface area contributed by atoms with E-state index in [1.165, 1.54) is 0 Å². The molecule has 2 rings (SSSR count). The fraction of sp³-hybridized carbons (Fsp3) is 1.00. The lowest BCUT2D eigenvalue weighted by molar-refractivity contribution is -0.185. The summed E-state index contributed by atoms with van der Waals surface area (Å²) in [7, 11) is 0. The van der Waals surface area contributed by atoms with E-state index in [0.717, 1.165) is 13.1 Å². The molecule has 2 atom stereocenters. The van der Waals surface area contributed by atoms with Crippen LogP contribution in [0, 0.1) is 5.92 Å². The summed E-state index contributed by atoms with van der Waals surface area (Å²) in [6, 6.07) is 1.23. The topological polar surface area (TPSA) is 15.3 Å². The molecule has 0 aromatic rings. The van der Waals surface area contributed by atoms with Gasteiger partial charge in [-0.2, -0.15) is 13.2 Å². The molecule has 1 N–H and O–H groups in total. The van der Waals surface area contributed by atoms with E-state index >= 15 is 0 Å². The van der Waals surface area contributed by atoms with Crippen LogP contribution in [-0.4, -0.2) is 42.3 Å². The number of rotatable bonds is 1. The molecule has 1 saturated carbocycles. The Kier molecular flexibility index (Phi) is 4.22. The Morgan fingerprint density at radius 2 is 1.67 bits per heavy atom. The Morgan fingerprint density at radius 3 is 2.22 bits per heavy atom. The fourth-order valence-corrected chi connectivity index (χ4v) is 3.29. The maximum Gasteiger partial charge on any atom is 0.391 e. The molecule has 0 aromatic carbocycles. The monoisotopic (exact) mass is 264 g/mol. The minimum atomic E-state index is -3.99. The summed E-state index contributed by atoms with van der Waals surface area (Å²) in [5.41, 5.74) is 0. The first kappa shape index (κ1) is 14.1. The van der Waals surface area contributed by atoms with E-state index in [1.54, 1.807) is 0 Å². The van der Waals surface area contributed by atoms with Gasteiger partial charge < -0.3 is 5.32 Å². The van der Waals surface area contributed by atoms with Gasteiger partial charge in [-0.3, -0.25) is 4.90 Å². The van der Waals surface area contributed by atoms with Crippen LogP contribution in [0.5, 0.6) is 0 Å². The molecule has 1 saturated heterocycles. The van der Waals surface area contributed by atoms with E-state index in [2.05, 4.69) is 24.1 Å². The smallest absolute Gasteiger partial charge is 0.311 e. The number of nitrogens with zero attached hydrogens (tertiary/aromatic N) is 1. The normalized spacial score (nSPS) is 39.8. The lowest BCUT2D eigenvalue weighted by atomic mass is 9.84. The van der Waals surface area contributed by atoms with Gasteiger partial charge in [0.1, 0.15) is 0 Å². The molecule has 2 nitrogen and oxygen atoms in total. The molecule has 18 heavy (non-hydrogen) atoms. The molecule has 106 valence electrons. The highest BCUT2D eigenvalue weighted by molar-refractivity contribution is 4.89. The van der Waals surface area contributed by atoms with Gasteiger partial charge in [-0.05, 0) is 39.5 Å². The van der Waals surface area contributed by atoms with Gasteiger partial charge in [-0.1, -0.05) is 0 Å². The van der Waals surface area contributed by atoms with Crippen LogP contribution in [0.4, 0.5) is 13.2 Å². The number of piperazine rings is 1. The minimum absolute atomic E-state index is 0.305. The van der Waals surface area contributed by atoms with Crippen molar-refractivity contribution in [3.8, 4) is 0 Å². The Balaban J connectivity index is 1.89. The molecular weight excluding hydrogens is 241 g/mol. The number of hydrogen-bond acceptors (Lipinski definition) is 2. The third kappa shape index (κ3) is 3.18. The lowest BCUT2D eigenvalue weighted by Gasteiger charge is -2.45. The van der Waals surface area contributed by atoms with Gasteiger partial charge in [0.05, 0.1) is 5.92 Å². The summed E-state index contributed by atoms with van der Waals surface area (Å²) in [4.78, 5) is 2.41. The molecule has 1 aliphatic carbocycles. The zero-order valence-corrected chi connectivity index (χ0v) is 11.1. The molecule has 0 spiro atoms. The van der Waals surface area contributed by atoms with Crippen molar-refractivity contribution in [2.45, 2.75) is 63.8 Å². The van der Waals surface area contributed by atoms with Crippen LogP contribution in [0.2, 0.25) is 0 Å². The molecule has 1 aliphatic heterocycles. The molecule has 2 unspecified atom stereocenters. The Labute approximate surface area is 107 Å². The van der Waals surface area contributed by atoms with Gasteiger partial charge in [-0.15, -0.1) is 0 Å². The predicted molar refractivity (Wildman–Crippen MR) is 65.4 cm³/mol. The molecule has 0 aromatic heterocycles. The van der Waals surface area contributed by atoms with Gasteiger partial charge in [0.2, 0.25) is 0 Å². The molecule has 1 heterocycles. The number of halogens is 3. The van der Waals surface area contributed by atoms with E-state index < -0.39 is 12.1 Å². The quantitative estimate of drug-likeness (QED) is 0.783. The van der Waals surface area contributed by atoms with Gasteiger partial charge in [0.25, 0.3) is 0 Å². The Hall–Kier alpha value is -0.290. The third-order valence-electron chi connectivity index (χ3n) is 4.44. The van der Waals surface area contributed by atoms with E-state index in [9.17, 15) is 13.2 Å². The Morgan fingerprint density at radius 1 is 1.06 bits per heavy atom. The summed E-state index contributed by atoms with van der Waals surface area (Å²) in [5, 5.41) is 3.41. The van der Waals surface area contributed by atoms with Crippen LogP contribution in [-0.2, 0) is 0 Å². The van der Waals surface area contributed by atoms with Gasteiger partial charge in [0.15, 0.2) is 0 Å². The van der Waals surface area contributed by atoms with Crippen LogP contribution >= 0.6 is 0 Å². The van der Waals surface area contributed by atoms with Crippen molar-refractivity contribution in [2.75, 3.05) is 13.1 Å². The summed E-state index contributed by atoms with van der Waals surface area (Å²) in [5.74, 6) is -1.07. The molecule has 0 radical (unpaired) electrons. The van der Waals surface area contributed by atoms with Crippen molar-refractivity contribution in [1.82, 2.24) is 10.2 Å². The second-order valence-electron chi connectivity index (χ2n) is 5.90. The lowest BCUT2D eigenvalue weighted by Crippen LogP contribution is -2.58. The largest absolute Gasteiger partial charge is 0.391 e. The Bertz CT molecular complexity index is 272. The summed E-state index contributed by atoms with van der Waals surface area (Å²) in [6.07, 6.45) is -1.99. The highest BCUT2D eigenvalue weighted by Gasteiger charge is 2.43. The summed E-state index contributed by atoms with van der Waals surface area (Å²) < 4.78 is 37.9. The van der Waals surface area contributed by atoms with Gasteiger partial charge in [-0.25, -0.2) is 0 Å². The SMILES string of the molecule is CC1CN(C2CCC(C(F)(F)F)CC2)C(C)CN1. The average Bonchev–Trinajstić information content (AvgIpc) is 2.31. The molecule has 0 bridgehead atoms. The second kappa shape index (κ2) is 5.37. The van der Waals surface area contributed by atoms with Gasteiger partial charge in [0, 0.05) is 31.2 Å². The van der Waals surface area contributed by atoms with Crippen LogP contribution in [0.1, 0.15) is 39.5 Å². The summed E-state index contributed by atoms with van der Waals surface area (Å²) >= 11 is 0. The first-order chi connectivity index (χ1) is 8.38. The zero-order valence-electron chi connectivity index (χ0n) is 11.1. The van der Waals surface area contributed by atoms with Crippen LogP contribution in [0.25, 0.3) is 0 Å². The molecule has 2 fully saturated rings. The van der Waals surface area contributed by atoms with Crippen LogP contribution in [0.15, 0.2) is 0 Å². The molecule has 5 heteroatoms. The first-order valence-corrected chi connectivity index (χ1v) is 6.93. The van der Waals surface area contributed by atoms with Crippen molar-refractivity contribution in [1.29, 1.82) is 0 Å². The number of nitrogens with one attached hydrogen (secondary N) is 1. The molecule has 2 aliphatic rings. The van der Waals surface area contributed by atoms with Crippen molar-refractivity contribution >= 4 is 0 Å². The number of hydrogen-bond donors (Lipinski definition) is 1. The van der Waals surface area contributed by atoms with Crippen LogP contribution in [0.3, 0.4) is 0 Å². The van der Waals surface area contributed by atoms with Crippen molar-refractivity contribution in [3.05, 3.63) is 0 Å². The maximum absolute atomic E-state index is 12.6.